The zero-order valence-electron chi connectivity index (χ0n) is 10.2. The molecule has 90 valence electrons. The number of aryl methyl sites for hydroxylation is 1. The second kappa shape index (κ2) is 5.41. The van der Waals surface area contributed by atoms with Crippen LogP contribution < -0.4 is 5.32 Å². The van der Waals surface area contributed by atoms with Crippen molar-refractivity contribution < 1.29 is 0 Å². The van der Waals surface area contributed by atoms with Gasteiger partial charge in [0.1, 0.15) is 12.2 Å². The molecule has 16 heavy (non-hydrogen) atoms. The highest BCUT2D eigenvalue weighted by molar-refractivity contribution is 4.85. The van der Waals surface area contributed by atoms with E-state index in [0.717, 1.165) is 38.0 Å². The van der Waals surface area contributed by atoms with E-state index >= 15 is 0 Å². The Hall–Kier alpha value is -0.940. The van der Waals surface area contributed by atoms with Gasteiger partial charge in [0.15, 0.2) is 0 Å². The van der Waals surface area contributed by atoms with Crippen LogP contribution in [0.4, 0.5) is 0 Å². The highest BCUT2D eigenvalue weighted by Gasteiger charge is 2.25. The Bertz CT molecular complexity index is 318. The van der Waals surface area contributed by atoms with E-state index in [1.807, 2.05) is 4.68 Å². The minimum atomic E-state index is 0.812. The number of hydrogen-bond donors (Lipinski definition) is 1. The van der Waals surface area contributed by atoms with E-state index in [0.29, 0.717) is 0 Å². The number of nitrogens with one attached hydrogen (secondary N) is 1. The zero-order chi connectivity index (χ0) is 11.4. The topological polar surface area (TPSA) is 46.0 Å². The molecule has 1 fully saturated rings. The first-order valence-electron chi connectivity index (χ1n) is 6.09. The van der Waals surface area contributed by atoms with Crippen LogP contribution in [0.1, 0.15) is 25.6 Å². The van der Waals surface area contributed by atoms with E-state index in [1.165, 1.54) is 12.8 Å². The Balaban J connectivity index is 1.63. The fourth-order valence-electron chi connectivity index (χ4n) is 1.84. The number of likely N-dealkylation sites (N-methyl/N-ethyl adjacent to an activating group) is 1. The largest absolute Gasteiger partial charge is 0.309 e. The summed E-state index contributed by atoms with van der Waals surface area (Å²) in [6.07, 6.45) is 4.37. The molecule has 1 aromatic heterocycles. The minimum Gasteiger partial charge on any atom is -0.309 e. The first kappa shape index (κ1) is 11.5. The van der Waals surface area contributed by atoms with Crippen molar-refractivity contribution in [1.82, 2.24) is 25.0 Å². The van der Waals surface area contributed by atoms with Gasteiger partial charge in [-0.15, -0.1) is 0 Å². The van der Waals surface area contributed by atoms with Crippen LogP contribution in [0.25, 0.3) is 0 Å². The molecule has 0 bridgehead atoms. The van der Waals surface area contributed by atoms with Gasteiger partial charge in [-0.05, 0) is 26.8 Å². The normalized spacial score (nSPS) is 15.9. The predicted molar refractivity (Wildman–Crippen MR) is 63.1 cm³/mol. The fraction of sp³-hybridized carbons (Fsp3) is 0.818. The molecular weight excluding hydrogens is 202 g/mol. The number of aromatic nitrogens is 3. The molecule has 5 nitrogen and oxygen atoms in total. The van der Waals surface area contributed by atoms with Gasteiger partial charge in [-0.1, -0.05) is 0 Å². The minimum absolute atomic E-state index is 0.812. The molecule has 2 rings (SSSR count). The zero-order valence-corrected chi connectivity index (χ0v) is 10.2. The van der Waals surface area contributed by atoms with Crippen LogP contribution in [0.3, 0.4) is 0 Å². The van der Waals surface area contributed by atoms with E-state index in [9.17, 15) is 0 Å². The summed E-state index contributed by atoms with van der Waals surface area (Å²) in [4.78, 5) is 6.66. The highest BCUT2D eigenvalue weighted by Crippen LogP contribution is 2.24. The highest BCUT2D eigenvalue weighted by atomic mass is 15.3. The summed E-state index contributed by atoms with van der Waals surface area (Å²) in [6.45, 7) is 5.92. The Kier molecular flexibility index (Phi) is 3.90. The van der Waals surface area contributed by atoms with Crippen molar-refractivity contribution >= 4 is 0 Å². The summed E-state index contributed by atoms with van der Waals surface area (Å²) in [5.41, 5.74) is 0. The van der Waals surface area contributed by atoms with Crippen molar-refractivity contribution in [2.45, 2.75) is 38.9 Å². The third kappa shape index (κ3) is 3.02. The lowest BCUT2D eigenvalue weighted by Gasteiger charge is -2.15. The van der Waals surface area contributed by atoms with Gasteiger partial charge in [0.25, 0.3) is 0 Å². The van der Waals surface area contributed by atoms with Crippen LogP contribution in [0.2, 0.25) is 0 Å². The third-order valence-corrected chi connectivity index (χ3v) is 3.09. The van der Waals surface area contributed by atoms with Crippen LogP contribution >= 0.6 is 0 Å². The molecule has 0 amide bonds. The Morgan fingerprint density at radius 2 is 2.38 bits per heavy atom. The van der Waals surface area contributed by atoms with Gasteiger partial charge in [-0.3, -0.25) is 0 Å². The van der Waals surface area contributed by atoms with Crippen molar-refractivity contribution in [3.8, 4) is 0 Å². The summed E-state index contributed by atoms with van der Waals surface area (Å²) in [5, 5.41) is 7.55. The summed E-state index contributed by atoms with van der Waals surface area (Å²) in [7, 11) is 2.20. The van der Waals surface area contributed by atoms with Crippen molar-refractivity contribution in [3.05, 3.63) is 12.2 Å². The maximum Gasteiger partial charge on any atom is 0.140 e. The fourth-order valence-corrected chi connectivity index (χ4v) is 1.84. The molecule has 1 saturated carbocycles. The smallest absolute Gasteiger partial charge is 0.140 e. The molecule has 0 aliphatic heterocycles. The van der Waals surface area contributed by atoms with Crippen molar-refractivity contribution in [3.63, 3.8) is 0 Å². The number of rotatable bonds is 7. The van der Waals surface area contributed by atoms with Crippen molar-refractivity contribution in [2.24, 2.45) is 0 Å². The summed E-state index contributed by atoms with van der Waals surface area (Å²) in [5.74, 6) is 1.02. The molecule has 0 aromatic carbocycles. The van der Waals surface area contributed by atoms with E-state index in [2.05, 4.69) is 34.3 Å². The van der Waals surface area contributed by atoms with Crippen molar-refractivity contribution in [1.29, 1.82) is 0 Å². The van der Waals surface area contributed by atoms with Gasteiger partial charge in [-0.2, -0.15) is 5.10 Å². The van der Waals surface area contributed by atoms with E-state index in [-0.39, 0.29) is 0 Å². The maximum absolute atomic E-state index is 4.23. The molecule has 1 N–H and O–H groups in total. The van der Waals surface area contributed by atoms with Crippen LogP contribution in [0.5, 0.6) is 0 Å². The first-order chi connectivity index (χ1) is 7.81. The molecule has 0 saturated heterocycles. The Labute approximate surface area is 96.8 Å². The standard InChI is InChI=1S/C11H21N5/c1-3-16-11(13-9-14-16)8-12-6-7-15(2)10-4-5-10/h9-10,12H,3-8H2,1-2H3. The number of nitrogens with zero attached hydrogens (tertiary/aromatic N) is 4. The molecule has 1 aliphatic rings. The van der Waals surface area contributed by atoms with Gasteiger partial charge >= 0.3 is 0 Å². The van der Waals surface area contributed by atoms with Gasteiger partial charge in [0.05, 0.1) is 6.54 Å². The summed E-state index contributed by atoms with van der Waals surface area (Å²) >= 11 is 0. The predicted octanol–water partition coefficient (Wildman–Crippen LogP) is 0.482. The van der Waals surface area contributed by atoms with Gasteiger partial charge in [-0.25, -0.2) is 9.67 Å². The van der Waals surface area contributed by atoms with Crippen LogP contribution in [0.15, 0.2) is 6.33 Å². The Morgan fingerprint density at radius 1 is 1.56 bits per heavy atom. The lowest BCUT2D eigenvalue weighted by molar-refractivity contribution is 0.320. The lowest BCUT2D eigenvalue weighted by atomic mass is 10.5. The molecule has 0 atom stereocenters. The second-order valence-corrected chi connectivity index (χ2v) is 4.38. The van der Waals surface area contributed by atoms with Gasteiger partial charge < -0.3 is 10.2 Å². The average molecular weight is 223 g/mol. The molecule has 5 heteroatoms. The van der Waals surface area contributed by atoms with E-state index in [4.69, 9.17) is 0 Å². The monoisotopic (exact) mass is 223 g/mol. The molecular formula is C11H21N5. The molecule has 1 aliphatic carbocycles. The summed E-state index contributed by atoms with van der Waals surface area (Å²) in [6, 6.07) is 0.848. The SMILES string of the molecule is CCn1ncnc1CNCCN(C)C1CC1. The summed E-state index contributed by atoms with van der Waals surface area (Å²) < 4.78 is 1.93. The van der Waals surface area contributed by atoms with Crippen LogP contribution in [0, 0.1) is 0 Å². The van der Waals surface area contributed by atoms with E-state index < -0.39 is 0 Å². The average Bonchev–Trinajstić information content (AvgIpc) is 3.04. The Morgan fingerprint density at radius 3 is 3.06 bits per heavy atom. The second-order valence-electron chi connectivity index (χ2n) is 4.38. The van der Waals surface area contributed by atoms with Crippen molar-refractivity contribution in [2.75, 3.05) is 20.1 Å². The quantitative estimate of drug-likeness (QED) is 0.683. The van der Waals surface area contributed by atoms with Crippen LogP contribution in [-0.2, 0) is 13.1 Å². The van der Waals surface area contributed by atoms with E-state index in [1.54, 1.807) is 6.33 Å². The molecule has 0 spiro atoms. The van der Waals surface area contributed by atoms with Gasteiger partial charge in [0.2, 0.25) is 0 Å². The molecule has 1 heterocycles. The molecule has 1 aromatic rings. The van der Waals surface area contributed by atoms with Crippen LogP contribution in [-0.4, -0.2) is 45.8 Å². The first-order valence-corrected chi connectivity index (χ1v) is 6.09. The molecule has 0 unspecified atom stereocenters. The lowest BCUT2D eigenvalue weighted by Crippen LogP contribution is -2.31. The third-order valence-electron chi connectivity index (χ3n) is 3.09. The number of hydrogen-bond acceptors (Lipinski definition) is 4. The van der Waals surface area contributed by atoms with Gasteiger partial charge in [0, 0.05) is 25.7 Å². The maximum atomic E-state index is 4.23. The molecule has 0 radical (unpaired) electrons.